The monoisotopic (exact) mass is 708 g/mol. The van der Waals surface area contributed by atoms with E-state index in [0.717, 1.165) is 32.6 Å². The van der Waals surface area contributed by atoms with E-state index >= 15 is 0 Å². The van der Waals surface area contributed by atoms with Crippen LogP contribution in [0, 0.1) is 0 Å². The van der Waals surface area contributed by atoms with E-state index in [-0.39, 0.29) is 17.3 Å². The molecule has 4 heterocycles. The first-order valence-corrected chi connectivity index (χ1v) is 15.7. The molecule has 0 unspecified atom stereocenters. The van der Waals surface area contributed by atoms with Gasteiger partial charge in [0.25, 0.3) is 11.6 Å². The van der Waals surface area contributed by atoms with E-state index in [0.29, 0.717) is 0 Å². The lowest BCUT2D eigenvalue weighted by Gasteiger charge is -2.47. The average Bonchev–Trinajstić information content (AvgIpc) is 3.46. The van der Waals surface area contributed by atoms with Crippen molar-refractivity contribution < 1.29 is 71.4 Å². The number of nitrogens with one attached hydrogen (secondary N) is 1. The largest absolute Gasteiger partial charge is 0.463 e. The average molecular weight is 709 g/mol. The highest BCUT2D eigenvalue weighted by Crippen LogP contribution is 2.43. The van der Waals surface area contributed by atoms with Crippen LogP contribution in [0.25, 0.3) is 0 Å². The first kappa shape index (κ1) is 36.1. The van der Waals surface area contributed by atoms with E-state index in [1.807, 2.05) is 0 Å². The van der Waals surface area contributed by atoms with Gasteiger partial charge in [-0.1, -0.05) is 18.2 Å². The zero-order valence-electron chi connectivity index (χ0n) is 27.4. The highest BCUT2D eigenvalue weighted by Gasteiger charge is 2.69. The molecule has 0 bridgehead atoms. The number of esters is 5. The molecular weight excluding hydrogens is 672 g/mol. The number of amides is 1. The highest BCUT2D eigenvalue weighted by atomic mass is 32.1. The molecule has 1 spiro atoms. The second kappa shape index (κ2) is 13.9. The van der Waals surface area contributed by atoms with Crippen LogP contribution in [0.4, 0.5) is 0 Å². The van der Waals surface area contributed by atoms with Crippen LogP contribution in [0.5, 0.6) is 0 Å². The normalized spacial score (nSPS) is 33.2. The summed E-state index contributed by atoms with van der Waals surface area (Å²) in [5.41, 5.74) is -2.05. The molecule has 4 aliphatic heterocycles. The van der Waals surface area contributed by atoms with Gasteiger partial charge in [-0.2, -0.15) is 0 Å². The number of fused-ring (bicyclic) bond motifs is 1. The minimum absolute atomic E-state index is 0.169. The smallest absolute Gasteiger partial charge is 0.338 e. The van der Waals surface area contributed by atoms with E-state index in [9.17, 15) is 28.8 Å². The Labute approximate surface area is 285 Å². The van der Waals surface area contributed by atoms with Gasteiger partial charge >= 0.3 is 29.8 Å². The molecule has 1 N–H and O–H groups in total. The van der Waals surface area contributed by atoms with Gasteiger partial charge in [-0.3, -0.25) is 28.9 Å². The lowest BCUT2D eigenvalue weighted by Crippen LogP contribution is -2.70. The third-order valence-corrected chi connectivity index (χ3v) is 8.21. The topological polar surface area (TPSA) is 201 Å². The van der Waals surface area contributed by atoms with E-state index in [1.54, 1.807) is 32.0 Å². The third-order valence-electron chi connectivity index (χ3n) is 7.91. The van der Waals surface area contributed by atoms with Crippen molar-refractivity contribution in [2.45, 2.75) is 102 Å². The van der Waals surface area contributed by atoms with Crippen LogP contribution in [-0.2, 0) is 66.6 Å². The predicted molar refractivity (Wildman–Crippen MR) is 163 cm³/mol. The maximum absolute atomic E-state index is 14.7. The van der Waals surface area contributed by atoms with Gasteiger partial charge in [-0.05, 0) is 38.2 Å². The molecule has 4 fully saturated rings. The van der Waals surface area contributed by atoms with Crippen LogP contribution in [0.15, 0.2) is 30.3 Å². The summed E-state index contributed by atoms with van der Waals surface area (Å²) in [6.45, 7) is 6.86. The number of hydrogen-bond acceptors (Lipinski definition) is 16. The fourth-order valence-electron chi connectivity index (χ4n) is 6.16. The third kappa shape index (κ3) is 7.37. The second-order valence-electron chi connectivity index (χ2n) is 12.1. The fraction of sp³-hybridized carbons (Fsp3) is 0.581. The number of rotatable bonds is 8. The Morgan fingerprint density at radius 2 is 1.49 bits per heavy atom. The van der Waals surface area contributed by atoms with Crippen LogP contribution in [-0.4, -0.2) is 119 Å². The van der Waals surface area contributed by atoms with Crippen molar-refractivity contribution in [3.8, 4) is 0 Å². The van der Waals surface area contributed by atoms with Crippen molar-refractivity contribution in [1.82, 2.24) is 10.2 Å². The Bertz CT molecular complexity index is 1520. The van der Waals surface area contributed by atoms with Crippen LogP contribution in [0.1, 0.15) is 51.9 Å². The Kier molecular flexibility index (Phi) is 10.3. The highest BCUT2D eigenvalue weighted by molar-refractivity contribution is 7.80. The molecule has 1 aromatic rings. The van der Waals surface area contributed by atoms with E-state index in [4.69, 9.17) is 54.8 Å². The van der Waals surface area contributed by atoms with Crippen molar-refractivity contribution in [1.29, 1.82) is 0 Å². The SMILES string of the molecule is CC(=O)OC[C@H]1O[C@@H](N2C(=O)[C@]3(NC2=S)OC[C@H]2OC(C)(C)O[C@H]2[C@@H]3OC(=O)c2ccccc2)[C@H](OC(C)=O)[C@@H](OC(C)=O)[C@@H]1OC(C)=O. The quantitative estimate of drug-likeness (QED) is 0.219. The molecular formula is C31H36N2O15S. The van der Waals surface area contributed by atoms with Crippen LogP contribution >= 0.6 is 12.2 Å². The van der Waals surface area contributed by atoms with E-state index in [2.05, 4.69) is 5.32 Å². The van der Waals surface area contributed by atoms with Crippen molar-refractivity contribution in [2.24, 2.45) is 0 Å². The zero-order chi connectivity index (χ0) is 35.8. The van der Waals surface area contributed by atoms with E-state index < -0.39 is 103 Å². The first-order valence-electron chi connectivity index (χ1n) is 15.2. The molecule has 5 rings (SSSR count). The fourth-order valence-corrected chi connectivity index (χ4v) is 6.50. The number of carbonyl (C=O) groups excluding carboxylic acids is 6. The van der Waals surface area contributed by atoms with Gasteiger partial charge in [0.2, 0.25) is 0 Å². The molecule has 9 atom stereocenters. The summed E-state index contributed by atoms with van der Waals surface area (Å²) in [7, 11) is 0. The Balaban J connectivity index is 1.57. The molecule has 4 aliphatic rings. The molecule has 0 radical (unpaired) electrons. The lowest BCUT2D eigenvalue weighted by molar-refractivity contribution is -0.271. The Hall–Kier alpha value is -4.23. The molecule has 0 aromatic heterocycles. The number of hydrogen-bond donors (Lipinski definition) is 1. The van der Waals surface area contributed by atoms with Gasteiger partial charge in [0, 0.05) is 27.7 Å². The van der Waals surface area contributed by atoms with Gasteiger partial charge in [-0.15, -0.1) is 0 Å². The number of benzene rings is 1. The maximum atomic E-state index is 14.7. The summed E-state index contributed by atoms with van der Waals surface area (Å²) < 4.78 is 51.9. The summed E-state index contributed by atoms with van der Waals surface area (Å²) in [6, 6.07) is 8.01. The molecule has 49 heavy (non-hydrogen) atoms. The van der Waals surface area contributed by atoms with Crippen molar-refractivity contribution >= 4 is 53.1 Å². The van der Waals surface area contributed by atoms with Crippen molar-refractivity contribution in [3.05, 3.63) is 35.9 Å². The summed E-state index contributed by atoms with van der Waals surface area (Å²) in [4.78, 5) is 77.7. The van der Waals surface area contributed by atoms with Gasteiger partial charge in [0.15, 0.2) is 41.5 Å². The standard InChI is InChI=1S/C31H36N2O15S/c1-14(34)40-12-19-21(42-15(2)35)23(43-16(3)36)24(44-17(4)37)26(45-19)33-28(39)31(32-29(33)49)25(46-27(38)18-10-8-7-9-11-18)22-20(13-41-31)47-30(5,6)48-22/h7-11,19-26H,12-13H2,1-6H3,(H,32,49)/t19-,20-,21-,22-,23+,24-,25+,26-,31-/m1/s1. The minimum Gasteiger partial charge on any atom is -0.463 e. The van der Waals surface area contributed by atoms with Crippen molar-refractivity contribution in [2.75, 3.05) is 13.2 Å². The first-order chi connectivity index (χ1) is 23.0. The Morgan fingerprint density at radius 3 is 2.10 bits per heavy atom. The van der Waals surface area contributed by atoms with Gasteiger partial charge < -0.3 is 47.9 Å². The zero-order valence-corrected chi connectivity index (χ0v) is 28.2. The molecule has 266 valence electrons. The molecule has 0 aliphatic carbocycles. The minimum atomic E-state index is -2.22. The number of ether oxygens (including phenoxy) is 9. The van der Waals surface area contributed by atoms with Gasteiger partial charge in [0.05, 0.1) is 12.2 Å². The summed E-state index contributed by atoms with van der Waals surface area (Å²) in [5, 5.41) is 2.49. The molecule has 18 heteroatoms. The summed E-state index contributed by atoms with van der Waals surface area (Å²) in [5.74, 6) is -6.24. The molecule has 4 saturated heterocycles. The van der Waals surface area contributed by atoms with Crippen molar-refractivity contribution in [3.63, 3.8) is 0 Å². The van der Waals surface area contributed by atoms with Crippen LogP contribution in [0.3, 0.4) is 0 Å². The Morgan fingerprint density at radius 1 is 0.878 bits per heavy atom. The number of thiocarbonyl (C=S) groups is 1. The van der Waals surface area contributed by atoms with Gasteiger partial charge in [0.1, 0.15) is 24.9 Å². The molecule has 0 saturated carbocycles. The predicted octanol–water partition coefficient (Wildman–Crippen LogP) is 0.258. The summed E-state index contributed by atoms with van der Waals surface area (Å²) in [6.07, 6.45) is -11.1. The van der Waals surface area contributed by atoms with Crippen LogP contribution in [0.2, 0.25) is 0 Å². The number of carbonyl (C=O) groups is 6. The van der Waals surface area contributed by atoms with Gasteiger partial charge in [-0.25, -0.2) is 4.79 Å². The summed E-state index contributed by atoms with van der Waals surface area (Å²) >= 11 is 5.62. The molecule has 1 aromatic carbocycles. The molecule has 17 nitrogen and oxygen atoms in total. The second-order valence-corrected chi connectivity index (χ2v) is 12.5. The lowest BCUT2D eigenvalue weighted by atomic mass is 9.93. The molecule has 1 amide bonds. The maximum Gasteiger partial charge on any atom is 0.338 e. The number of nitrogens with zero attached hydrogens (tertiary/aromatic N) is 1. The van der Waals surface area contributed by atoms with E-state index in [1.165, 1.54) is 12.1 Å². The van der Waals surface area contributed by atoms with Crippen LogP contribution < -0.4 is 5.32 Å².